The predicted molar refractivity (Wildman–Crippen MR) is 123 cm³/mol. The highest BCUT2D eigenvalue weighted by atomic mass is 16.5. The Morgan fingerprint density at radius 2 is 1.76 bits per heavy atom. The highest BCUT2D eigenvalue weighted by Crippen LogP contribution is 2.27. The maximum atomic E-state index is 13.5. The van der Waals surface area contributed by atoms with Crippen molar-refractivity contribution in [2.75, 3.05) is 52.9 Å². The number of hydrogen-bond acceptors (Lipinski definition) is 6. The molecule has 2 saturated heterocycles. The Hall–Kier alpha value is -3.30. The number of piperazine rings is 1. The van der Waals surface area contributed by atoms with Crippen molar-refractivity contribution in [3.8, 4) is 0 Å². The van der Waals surface area contributed by atoms with Gasteiger partial charge >= 0.3 is 0 Å². The number of pyridine rings is 1. The summed E-state index contributed by atoms with van der Waals surface area (Å²) in [5.74, 6) is -0.0700. The maximum Gasteiger partial charge on any atom is 0.272 e. The first-order chi connectivity index (χ1) is 16.0. The number of aromatic nitrogens is 3. The van der Waals surface area contributed by atoms with Crippen LogP contribution in [0.4, 0.5) is 0 Å². The molecule has 0 N–H and O–H groups in total. The monoisotopic (exact) mass is 448 g/mol. The normalized spacial score (nSPS) is 19.8. The molecule has 33 heavy (non-hydrogen) atoms. The lowest BCUT2D eigenvalue weighted by molar-refractivity contribution is -0.0249. The minimum atomic E-state index is -0.403. The summed E-state index contributed by atoms with van der Waals surface area (Å²) in [5.41, 5.74) is 2.60. The molecule has 0 unspecified atom stereocenters. The van der Waals surface area contributed by atoms with Crippen molar-refractivity contribution in [1.29, 1.82) is 0 Å². The largest absolute Gasteiger partial charge is 0.368 e. The van der Waals surface area contributed by atoms with Crippen LogP contribution >= 0.6 is 0 Å². The molecular formula is C24H28N6O3. The van der Waals surface area contributed by atoms with E-state index >= 15 is 0 Å². The van der Waals surface area contributed by atoms with Crippen LogP contribution in [0, 0.1) is 0 Å². The number of amides is 2. The second-order valence-corrected chi connectivity index (χ2v) is 8.66. The summed E-state index contributed by atoms with van der Waals surface area (Å²) in [7, 11) is 3.83. The van der Waals surface area contributed by atoms with Gasteiger partial charge in [0.05, 0.1) is 29.9 Å². The fourth-order valence-electron chi connectivity index (χ4n) is 4.48. The first-order valence-electron chi connectivity index (χ1n) is 11.3. The van der Waals surface area contributed by atoms with Gasteiger partial charge in [0.2, 0.25) is 0 Å². The Bertz CT molecular complexity index is 1180. The highest BCUT2D eigenvalue weighted by molar-refractivity contribution is 6.06. The van der Waals surface area contributed by atoms with Crippen molar-refractivity contribution in [1.82, 2.24) is 29.5 Å². The standard InChI is InChI=1S/C24H28N6O3/c1-27-9-11-29(12-10-27)23(31)18-15-20(26-19-6-4-3-5-17(18)19)22-16-30(13-14-33-22)24(32)21-7-8-25-28(21)2/h3-8,15,22H,9-14,16H2,1-2H3/t22-/m0/s1. The zero-order valence-corrected chi connectivity index (χ0v) is 19.0. The zero-order chi connectivity index (χ0) is 22.9. The minimum absolute atomic E-state index is 0.0153. The predicted octanol–water partition coefficient (Wildman–Crippen LogP) is 1.57. The molecule has 2 amide bonds. The van der Waals surface area contributed by atoms with Crippen molar-refractivity contribution in [3.05, 3.63) is 59.5 Å². The van der Waals surface area contributed by atoms with E-state index in [4.69, 9.17) is 9.72 Å². The van der Waals surface area contributed by atoms with Gasteiger partial charge in [-0.2, -0.15) is 5.10 Å². The van der Waals surface area contributed by atoms with Crippen LogP contribution in [0.3, 0.4) is 0 Å². The van der Waals surface area contributed by atoms with Crippen LogP contribution in [0.25, 0.3) is 10.9 Å². The van der Waals surface area contributed by atoms with Crippen molar-refractivity contribution in [2.24, 2.45) is 7.05 Å². The lowest BCUT2D eigenvalue weighted by Crippen LogP contribution is -2.47. The molecule has 172 valence electrons. The van der Waals surface area contributed by atoms with E-state index in [9.17, 15) is 9.59 Å². The molecule has 2 aliphatic heterocycles. The number of para-hydroxylation sites is 1. The van der Waals surface area contributed by atoms with E-state index in [-0.39, 0.29) is 11.8 Å². The third-order valence-corrected chi connectivity index (χ3v) is 6.48. The maximum absolute atomic E-state index is 13.5. The molecule has 5 rings (SSSR count). The number of rotatable bonds is 3. The number of aryl methyl sites for hydroxylation is 1. The molecule has 0 aliphatic carbocycles. The van der Waals surface area contributed by atoms with E-state index in [1.54, 1.807) is 28.9 Å². The van der Waals surface area contributed by atoms with Gasteiger partial charge in [-0.25, -0.2) is 4.98 Å². The van der Waals surface area contributed by atoms with E-state index < -0.39 is 6.10 Å². The van der Waals surface area contributed by atoms with Crippen molar-refractivity contribution in [3.63, 3.8) is 0 Å². The number of nitrogens with zero attached hydrogens (tertiary/aromatic N) is 6. The molecule has 2 aliphatic rings. The van der Waals surface area contributed by atoms with Gasteiger partial charge in [0, 0.05) is 51.4 Å². The Morgan fingerprint density at radius 3 is 2.52 bits per heavy atom. The van der Waals surface area contributed by atoms with Crippen LogP contribution in [0.2, 0.25) is 0 Å². The molecule has 0 radical (unpaired) electrons. The quantitative estimate of drug-likeness (QED) is 0.605. The molecule has 0 saturated carbocycles. The molecule has 2 fully saturated rings. The van der Waals surface area contributed by atoms with Crippen molar-refractivity contribution in [2.45, 2.75) is 6.10 Å². The fourth-order valence-corrected chi connectivity index (χ4v) is 4.48. The van der Waals surface area contributed by atoms with Crippen LogP contribution < -0.4 is 0 Å². The van der Waals surface area contributed by atoms with Gasteiger partial charge in [-0.3, -0.25) is 14.3 Å². The lowest BCUT2D eigenvalue weighted by atomic mass is 10.0. The molecule has 9 nitrogen and oxygen atoms in total. The van der Waals surface area contributed by atoms with Crippen molar-refractivity contribution < 1.29 is 14.3 Å². The summed E-state index contributed by atoms with van der Waals surface area (Å²) in [6.07, 6.45) is 1.21. The van der Waals surface area contributed by atoms with E-state index in [1.165, 1.54) is 0 Å². The SMILES string of the molecule is CN1CCN(C(=O)c2cc([C@@H]3CN(C(=O)c4ccnn4C)CCO3)nc3ccccc23)CC1. The Morgan fingerprint density at radius 1 is 0.970 bits per heavy atom. The number of carbonyl (C=O) groups is 2. The molecule has 0 spiro atoms. The number of likely N-dealkylation sites (N-methyl/N-ethyl adjacent to an activating group) is 1. The third kappa shape index (κ3) is 4.21. The van der Waals surface area contributed by atoms with Gasteiger partial charge < -0.3 is 19.4 Å². The lowest BCUT2D eigenvalue weighted by Gasteiger charge is -2.34. The molecular weight excluding hydrogens is 420 g/mol. The van der Waals surface area contributed by atoms with Crippen molar-refractivity contribution >= 4 is 22.7 Å². The average Bonchev–Trinajstić information content (AvgIpc) is 3.28. The number of carbonyl (C=O) groups excluding carboxylic acids is 2. The molecule has 4 heterocycles. The third-order valence-electron chi connectivity index (χ3n) is 6.48. The second-order valence-electron chi connectivity index (χ2n) is 8.66. The Balaban J connectivity index is 1.45. The van der Waals surface area contributed by atoms with Crippen LogP contribution in [0.15, 0.2) is 42.6 Å². The number of fused-ring (bicyclic) bond motifs is 1. The first-order valence-corrected chi connectivity index (χ1v) is 11.3. The van der Waals surface area contributed by atoms with E-state index in [1.807, 2.05) is 35.2 Å². The summed E-state index contributed by atoms with van der Waals surface area (Å²) < 4.78 is 7.60. The summed E-state index contributed by atoms with van der Waals surface area (Å²) in [6.45, 7) is 4.41. The number of benzene rings is 1. The first kappa shape index (κ1) is 21.5. The highest BCUT2D eigenvalue weighted by Gasteiger charge is 2.30. The van der Waals surface area contributed by atoms with Crippen LogP contribution in [0.5, 0.6) is 0 Å². The average molecular weight is 449 g/mol. The van der Waals surface area contributed by atoms with Gasteiger partial charge in [-0.15, -0.1) is 0 Å². The molecule has 3 aromatic rings. The zero-order valence-electron chi connectivity index (χ0n) is 19.0. The Labute approximate surface area is 192 Å². The topological polar surface area (TPSA) is 83.8 Å². The van der Waals surface area contributed by atoms with Gasteiger partial charge in [0.25, 0.3) is 11.8 Å². The summed E-state index contributed by atoms with van der Waals surface area (Å²) >= 11 is 0. The molecule has 1 aromatic carbocycles. The van der Waals surface area contributed by atoms with Crippen LogP contribution in [-0.2, 0) is 11.8 Å². The minimum Gasteiger partial charge on any atom is -0.368 e. The number of ether oxygens (including phenoxy) is 1. The molecule has 0 bridgehead atoms. The van der Waals surface area contributed by atoms with Crippen LogP contribution in [0.1, 0.15) is 32.6 Å². The van der Waals surface area contributed by atoms with Crippen LogP contribution in [-0.4, -0.2) is 94.2 Å². The van der Waals surface area contributed by atoms with E-state index in [2.05, 4.69) is 17.0 Å². The molecule has 1 atom stereocenters. The van der Waals surface area contributed by atoms with Gasteiger partial charge in [-0.05, 0) is 25.2 Å². The molecule has 2 aromatic heterocycles. The smallest absolute Gasteiger partial charge is 0.272 e. The van der Waals surface area contributed by atoms with E-state index in [0.717, 1.165) is 24.0 Å². The van der Waals surface area contributed by atoms with Gasteiger partial charge in [0.15, 0.2) is 0 Å². The fraction of sp³-hybridized carbons (Fsp3) is 0.417. The van der Waals surface area contributed by atoms with Gasteiger partial charge in [-0.1, -0.05) is 18.2 Å². The number of morpholine rings is 1. The van der Waals surface area contributed by atoms with E-state index in [0.29, 0.717) is 49.7 Å². The Kier molecular flexibility index (Phi) is 5.82. The second kappa shape index (κ2) is 8.92. The number of hydrogen-bond donors (Lipinski definition) is 0. The summed E-state index contributed by atoms with van der Waals surface area (Å²) in [5, 5.41) is 4.94. The summed E-state index contributed by atoms with van der Waals surface area (Å²) in [4.78, 5) is 37.2. The van der Waals surface area contributed by atoms with Gasteiger partial charge in [0.1, 0.15) is 11.8 Å². The summed E-state index contributed by atoms with van der Waals surface area (Å²) in [6, 6.07) is 11.3. The molecule has 9 heteroatoms.